The van der Waals surface area contributed by atoms with Crippen LogP contribution in [0.25, 0.3) is 0 Å². The Morgan fingerprint density at radius 2 is 1.86 bits per heavy atom. The summed E-state index contributed by atoms with van der Waals surface area (Å²) in [5, 5.41) is 0.112. The molecule has 0 bridgehead atoms. The summed E-state index contributed by atoms with van der Waals surface area (Å²) in [7, 11) is -0.952. The Hall–Kier alpha value is -1.94. The van der Waals surface area contributed by atoms with E-state index in [1.807, 2.05) is 24.3 Å². The number of primary amides is 1. The fraction of sp³-hybridized carbons (Fsp3) is 0.278. The number of hydrogen-bond acceptors (Lipinski definition) is 2. The number of carbonyl (C=O) groups excluding carboxylic acids is 1. The van der Waals surface area contributed by atoms with Crippen LogP contribution >= 0.6 is 0 Å². The van der Waals surface area contributed by atoms with Crippen LogP contribution in [0.4, 0.5) is 0 Å². The molecule has 0 saturated carbocycles. The highest BCUT2D eigenvalue weighted by Gasteiger charge is 2.24. The van der Waals surface area contributed by atoms with Gasteiger partial charge in [-0.2, -0.15) is 0 Å². The number of fused-ring (bicyclic) bond motifs is 1. The van der Waals surface area contributed by atoms with E-state index in [0.29, 0.717) is 11.3 Å². The van der Waals surface area contributed by atoms with Crippen LogP contribution < -0.4 is 5.73 Å². The Kier molecular flexibility index (Phi) is 4.39. The maximum atomic E-state index is 12.8. The molecule has 0 unspecified atom stereocenters. The molecule has 0 heterocycles. The molecular formula is C18H19NO2S. The van der Waals surface area contributed by atoms with Crippen LogP contribution in [0, 0.1) is 0 Å². The molecule has 4 heteroatoms. The smallest absolute Gasteiger partial charge is 0.248 e. The largest absolute Gasteiger partial charge is 0.366 e. The normalized spacial score (nSPS) is 18.5. The van der Waals surface area contributed by atoms with E-state index in [9.17, 15) is 9.00 Å². The van der Waals surface area contributed by atoms with Crippen LogP contribution in [-0.4, -0.2) is 10.1 Å². The van der Waals surface area contributed by atoms with E-state index in [-0.39, 0.29) is 5.25 Å². The number of carbonyl (C=O) groups is 1. The van der Waals surface area contributed by atoms with Crippen molar-refractivity contribution in [1.82, 2.24) is 0 Å². The molecule has 0 saturated heterocycles. The van der Waals surface area contributed by atoms with Crippen LogP contribution in [0.1, 0.15) is 45.1 Å². The topological polar surface area (TPSA) is 60.2 Å². The van der Waals surface area contributed by atoms with E-state index in [1.165, 1.54) is 11.1 Å². The molecule has 0 aromatic heterocycles. The number of hydrogen-bond donors (Lipinski definition) is 1. The summed E-state index contributed by atoms with van der Waals surface area (Å²) in [4.78, 5) is 11.1. The summed E-state index contributed by atoms with van der Waals surface area (Å²) >= 11 is 0. The molecule has 2 atom stereocenters. The fourth-order valence-corrected chi connectivity index (χ4v) is 4.68. The molecule has 114 valence electrons. The molecule has 2 N–H and O–H groups in total. The zero-order valence-corrected chi connectivity index (χ0v) is 13.1. The monoisotopic (exact) mass is 313 g/mol. The van der Waals surface area contributed by atoms with Crippen LogP contribution in [0.3, 0.4) is 0 Å². The lowest BCUT2D eigenvalue weighted by atomic mass is 9.91. The SMILES string of the molecule is NC(=O)c1ccc(C[S@](=O)[C@H]2CCCc3ccccc32)cc1. The molecule has 1 aliphatic rings. The fourth-order valence-electron chi connectivity index (χ4n) is 3.01. The van der Waals surface area contributed by atoms with Gasteiger partial charge < -0.3 is 5.73 Å². The highest BCUT2D eigenvalue weighted by molar-refractivity contribution is 7.84. The molecule has 0 spiro atoms. The number of rotatable bonds is 4. The lowest BCUT2D eigenvalue weighted by Crippen LogP contribution is -2.15. The average Bonchev–Trinajstić information content (AvgIpc) is 2.54. The lowest BCUT2D eigenvalue weighted by Gasteiger charge is -2.24. The van der Waals surface area contributed by atoms with E-state index in [2.05, 4.69) is 12.1 Å². The van der Waals surface area contributed by atoms with Gasteiger partial charge in [0.05, 0.1) is 5.25 Å². The van der Waals surface area contributed by atoms with E-state index in [1.54, 1.807) is 12.1 Å². The quantitative estimate of drug-likeness (QED) is 0.943. The molecular weight excluding hydrogens is 294 g/mol. The first-order valence-corrected chi connectivity index (χ1v) is 8.87. The highest BCUT2D eigenvalue weighted by atomic mass is 32.2. The van der Waals surface area contributed by atoms with E-state index in [0.717, 1.165) is 24.8 Å². The first kappa shape index (κ1) is 15.0. The Bertz CT molecular complexity index is 709. The molecule has 0 aliphatic heterocycles. The van der Waals surface area contributed by atoms with Crippen LogP contribution in [0.15, 0.2) is 48.5 Å². The van der Waals surface area contributed by atoms with Gasteiger partial charge in [-0.3, -0.25) is 9.00 Å². The summed E-state index contributed by atoms with van der Waals surface area (Å²) in [6.07, 6.45) is 3.15. The van der Waals surface area contributed by atoms with Crippen molar-refractivity contribution < 1.29 is 9.00 Å². The van der Waals surface area contributed by atoms with Crippen molar-refractivity contribution in [2.75, 3.05) is 0 Å². The number of aryl methyl sites for hydroxylation is 1. The minimum atomic E-state index is -0.952. The molecule has 0 fully saturated rings. The van der Waals surface area contributed by atoms with E-state index >= 15 is 0 Å². The summed E-state index contributed by atoms with van der Waals surface area (Å²) in [6, 6.07) is 15.4. The van der Waals surface area contributed by atoms with Crippen molar-refractivity contribution in [3.63, 3.8) is 0 Å². The van der Waals surface area contributed by atoms with Gasteiger partial charge in [0, 0.05) is 22.1 Å². The first-order chi connectivity index (χ1) is 10.6. The molecule has 1 amide bonds. The van der Waals surface area contributed by atoms with Crippen LogP contribution in [-0.2, 0) is 23.0 Å². The first-order valence-electron chi connectivity index (χ1n) is 7.49. The molecule has 3 rings (SSSR count). The Labute approximate surface area is 133 Å². The molecule has 1 aliphatic carbocycles. The second kappa shape index (κ2) is 6.44. The van der Waals surface area contributed by atoms with Gasteiger partial charge >= 0.3 is 0 Å². The molecule has 0 radical (unpaired) electrons. The van der Waals surface area contributed by atoms with Crippen molar-refractivity contribution in [3.8, 4) is 0 Å². The van der Waals surface area contributed by atoms with Gasteiger partial charge in [0.2, 0.25) is 5.91 Å². The molecule has 2 aromatic rings. The van der Waals surface area contributed by atoms with Gasteiger partial charge in [0.25, 0.3) is 0 Å². The van der Waals surface area contributed by atoms with Gasteiger partial charge in [-0.05, 0) is 48.1 Å². The number of benzene rings is 2. The minimum absolute atomic E-state index is 0.112. The predicted octanol–water partition coefficient (Wildman–Crippen LogP) is 3.11. The van der Waals surface area contributed by atoms with Crippen LogP contribution in [0.2, 0.25) is 0 Å². The summed E-state index contributed by atoms with van der Waals surface area (Å²) in [5.41, 5.74) is 9.26. The average molecular weight is 313 g/mol. The lowest BCUT2D eigenvalue weighted by molar-refractivity contribution is 0.100. The highest BCUT2D eigenvalue weighted by Crippen LogP contribution is 2.35. The van der Waals surface area contributed by atoms with Crippen molar-refractivity contribution in [3.05, 3.63) is 70.8 Å². The molecule has 22 heavy (non-hydrogen) atoms. The third-order valence-corrected chi connectivity index (χ3v) is 5.92. The maximum absolute atomic E-state index is 12.8. The minimum Gasteiger partial charge on any atom is -0.366 e. The number of amides is 1. The standard InChI is InChI=1S/C18H19NO2S/c19-18(20)15-10-8-13(9-11-15)12-22(21)17-7-3-5-14-4-1-2-6-16(14)17/h1-2,4,6,8-11,17H,3,5,7,12H2,(H2,19,20)/t17-,22-/m0/s1. The second-order valence-corrected chi connectivity index (χ2v) is 7.29. The maximum Gasteiger partial charge on any atom is 0.248 e. The third-order valence-electron chi connectivity index (χ3n) is 4.18. The summed E-state index contributed by atoms with van der Waals surface area (Å²) < 4.78 is 12.8. The van der Waals surface area contributed by atoms with Crippen LogP contribution in [0.5, 0.6) is 0 Å². The third kappa shape index (κ3) is 3.12. The number of nitrogens with two attached hydrogens (primary N) is 1. The predicted molar refractivity (Wildman–Crippen MR) is 88.9 cm³/mol. The van der Waals surface area contributed by atoms with Gasteiger partial charge in [-0.25, -0.2) is 0 Å². The Morgan fingerprint density at radius 1 is 1.14 bits per heavy atom. The van der Waals surface area contributed by atoms with Crippen molar-refractivity contribution in [1.29, 1.82) is 0 Å². The molecule has 2 aromatic carbocycles. The van der Waals surface area contributed by atoms with Crippen molar-refractivity contribution in [2.45, 2.75) is 30.3 Å². The Morgan fingerprint density at radius 3 is 2.59 bits per heavy atom. The van der Waals surface area contributed by atoms with Gasteiger partial charge in [-0.1, -0.05) is 36.4 Å². The zero-order chi connectivity index (χ0) is 15.5. The van der Waals surface area contributed by atoms with E-state index < -0.39 is 16.7 Å². The van der Waals surface area contributed by atoms with E-state index in [4.69, 9.17) is 5.73 Å². The zero-order valence-electron chi connectivity index (χ0n) is 12.3. The van der Waals surface area contributed by atoms with Gasteiger partial charge in [0.15, 0.2) is 0 Å². The summed E-state index contributed by atoms with van der Waals surface area (Å²) in [6.45, 7) is 0. The molecule has 3 nitrogen and oxygen atoms in total. The van der Waals surface area contributed by atoms with Gasteiger partial charge in [0.1, 0.15) is 0 Å². The van der Waals surface area contributed by atoms with Crippen molar-refractivity contribution in [2.24, 2.45) is 5.73 Å². The summed E-state index contributed by atoms with van der Waals surface area (Å²) in [5.74, 6) is 0.0757. The van der Waals surface area contributed by atoms with Gasteiger partial charge in [-0.15, -0.1) is 0 Å². The second-order valence-electron chi connectivity index (χ2n) is 5.67. The Balaban J connectivity index is 1.76. The van der Waals surface area contributed by atoms with Crippen molar-refractivity contribution >= 4 is 16.7 Å².